The number of nitrogens with zero attached hydrogens (tertiary/aromatic N) is 1. The van der Waals surface area contributed by atoms with Gasteiger partial charge in [-0.2, -0.15) is 0 Å². The maximum atomic E-state index is 11.9. The van der Waals surface area contributed by atoms with Crippen molar-refractivity contribution < 1.29 is 9.21 Å². The van der Waals surface area contributed by atoms with E-state index in [1.807, 2.05) is 0 Å². The molecule has 1 aromatic heterocycles. The molecule has 0 aliphatic heterocycles. The Morgan fingerprint density at radius 1 is 1.50 bits per heavy atom. The zero-order valence-corrected chi connectivity index (χ0v) is 12.2. The summed E-state index contributed by atoms with van der Waals surface area (Å²) in [5.74, 6) is 1.44. The normalized spacial score (nSPS) is 23.9. The number of hydrogen-bond donors (Lipinski definition) is 1. The highest BCUT2D eigenvalue weighted by Gasteiger charge is 2.25. The van der Waals surface area contributed by atoms with Crippen LogP contribution in [0.3, 0.4) is 0 Å². The standard InChI is InChI=1S/C13H19BrN2O2/c1-9-12(18-8-16-9)13(17)15-7-11-5-3-2-4-10(11)6-14/h8,10-11H,2-7H2,1H3,(H,15,17). The van der Waals surface area contributed by atoms with E-state index in [-0.39, 0.29) is 5.91 Å². The number of oxazole rings is 1. The number of aryl methyl sites for hydroxylation is 1. The lowest BCUT2D eigenvalue weighted by molar-refractivity contribution is 0.0908. The maximum Gasteiger partial charge on any atom is 0.289 e. The smallest absolute Gasteiger partial charge is 0.289 e. The second kappa shape index (κ2) is 6.36. The largest absolute Gasteiger partial charge is 0.438 e. The molecule has 0 bridgehead atoms. The van der Waals surface area contributed by atoms with E-state index in [0.717, 1.165) is 11.9 Å². The summed E-state index contributed by atoms with van der Waals surface area (Å²) in [6.07, 6.45) is 6.35. The molecule has 2 atom stereocenters. The molecule has 1 saturated carbocycles. The maximum absolute atomic E-state index is 11.9. The first-order chi connectivity index (χ1) is 8.72. The molecule has 100 valence electrons. The van der Waals surface area contributed by atoms with Crippen LogP contribution in [0.15, 0.2) is 10.8 Å². The van der Waals surface area contributed by atoms with E-state index in [9.17, 15) is 4.79 Å². The van der Waals surface area contributed by atoms with E-state index in [4.69, 9.17) is 4.42 Å². The number of rotatable bonds is 4. The lowest BCUT2D eigenvalue weighted by Crippen LogP contribution is -2.34. The number of hydrogen-bond acceptors (Lipinski definition) is 3. The van der Waals surface area contributed by atoms with Crippen molar-refractivity contribution in [1.82, 2.24) is 10.3 Å². The summed E-state index contributed by atoms with van der Waals surface area (Å²) in [6, 6.07) is 0. The van der Waals surface area contributed by atoms with Crippen LogP contribution in [0.5, 0.6) is 0 Å². The molecule has 1 fully saturated rings. The number of carbonyl (C=O) groups excluding carboxylic acids is 1. The van der Waals surface area contributed by atoms with Gasteiger partial charge in [0.25, 0.3) is 5.91 Å². The minimum atomic E-state index is -0.149. The van der Waals surface area contributed by atoms with Crippen LogP contribution >= 0.6 is 15.9 Å². The fraction of sp³-hybridized carbons (Fsp3) is 0.692. The summed E-state index contributed by atoms with van der Waals surface area (Å²) in [5.41, 5.74) is 0.646. The van der Waals surface area contributed by atoms with E-state index in [2.05, 4.69) is 26.2 Å². The third-order valence-corrected chi connectivity index (χ3v) is 4.57. The Hall–Kier alpha value is -0.840. The Balaban J connectivity index is 1.87. The third-order valence-electron chi connectivity index (χ3n) is 3.74. The van der Waals surface area contributed by atoms with Crippen LogP contribution in [0.1, 0.15) is 41.9 Å². The zero-order valence-electron chi connectivity index (χ0n) is 10.6. The molecule has 1 N–H and O–H groups in total. The molecule has 2 rings (SSSR count). The van der Waals surface area contributed by atoms with Gasteiger partial charge >= 0.3 is 0 Å². The summed E-state index contributed by atoms with van der Waals surface area (Å²) in [7, 11) is 0. The SMILES string of the molecule is Cc1ncoc1C(=O)NCC1CCCCC1CBr. The number of halogens is 1. The second-order valence-electron chi connectivity index (χ2n) is 4.94. The summed E-state index contributed by atoms with van der Waals surface area (Å²) in [4.78, 5) is 15.8. The number of nitrogens with one attached hydrogen (secondary N) is 1. The highest BCUT2D eigenvalue weighted by atomic mass is 79.9. The van der Waals surface area contributed by atoms with Crippen LogP contribution in [0, 0.1) is 18.8 Å². The van der Waals surface area contributed by atoms with Gasteiger partial charge in [0, 0.05) is 11.9 Å². The molecular weight excluding hydrogens is 296 g/mol. The first-order valence-corrected chi connectivity index (χ1v) is 7.58. The Morgan fingerprint density at radius 2 is 2.22 bits per heavy atom. The molecule has 0 spiro atoms. The minimum absolute atomic E-state index is 0.149. The lowest BCUT2D eigenvalue weighted by atomic mass is 9.80. The van der Waals surface area contributed by atoms with Crippen molar-refractivity contribution >= 4 is 21.8 Å². The average molecular weight is 315 g/mol. The Morgan fingerprint density at radius 3 is 2.83 bits per heavy atom. The van der Waals surface area contributed by atoms with Gasteiger partial charge in [0.2, 0.25) is 5.76 Å². The molecule has 1 aromatic rings. The van der Waals surface area contributed by atoms with E-state index >= 15 is 0 Å². The highest BCUT2D eigenvalue weighted by molar-refractivity contribution is 9.09. The van der Waals surface area contributed by atoms with Crippen LogP contribution in [0.2, 0.25) is 0 Å². The Kier molecular flexibility index (Phi) is 4.80. The van der Waals surface area contributed by atoms with Crippen molar-refractivity contribution in [3.8, 4) is 0 Å². The van der Waals surface area contributed by atoms with Gasteiger partial charge in [-0.15, -0.1) is 0 Å². The first kappa shape index (κ1) is 13.6. The van der Waals surface area contributed by atoms with Gasteiger partial charge in [0.1, 0.15) is 0 Å². The van der Waals surface area contributed by atoms with E-state index in [0.29, 0.717) is 23.3 Å². The molecule has 18 heavy (non-hydrogen) atoms. The minimum Gasteiger partial charge on any atom is -0.438 e. The van der Waals surface area contributed by atoms with Crippen LogP contribution in [0.4, 0.5) is 0 Å². The van der Waals surface area contributed by atoms with Gasteiger partial charge in [-0.05, 0) is 31.6 Å². The molecule has 0 aromatic carbocycles. The van der Waals surface area contributed by atoms with Crippen molar-refractivity contribution in [3.05, 3.63) is 17.8 Å². The van der Waals surface area contributed by atoms with Crippen LogP contribution in [0.25, 0.3) is 0 Å². The number of aromatic nitrogens is 1. The third kappa shape index (κ3) is 3.13. The van der Waals surface area contributed by atoms with Gasteiger partial charge in [0.05, 0.1) is 5.69 Å². The number of alkyl halides is 1. The molecule has 4 nitrogen and oxygen atoms in total. The quantitative estimate of drug-likeness (QED) is 0.869. The molecule has 1 heterocycles. The van der Waals surface area contributed by atoms with Crippen LogP contribution in [-0.2, 0) is 0 Å². The molecule has 0 radical (unpaired) electrons. The fourth-order valence-corrected chi connectivity index (χ4v) is 3.43. The summed E-state index contributed by atoms with van der Waals surface area (Å²) in [6.45, 7) is 2.51. The van der Waals surface area contributed by atoms with Crippen molar-refractivity contribution in [2.45, 2.75) is 32.6 Å². The highest BCUT2D eigenvalue weighted by Crippen LogP contribution is 2.30. The molecule has 5 heteroatoms. The molecule has 2 unspecified atom stereocenters. The Labute approximate surface area is 116 Å². The van der Waals surface area contributed by atoms with Gasteiger partial charge in [-0.3, -0.25) is 4.79 Å². The van der Waals surface area contributed by atoms with E-state index in [1.54, 1.807) is 6.92 Å². The van der Waals surface area contributed by atoms with Crippen molar-refractivity contribution in [3.63, 3.8) is 0 Å². The summed E-state index contributed by atoms with van der Waals surface area (Å²) in [5, 5.41) is 3.99. The predicted molar refractivity (Wildman–Crippen MR) is 72.8 cm³/mol. The molecule has 1 amide bonds. The average Bonchev–Trinajstić information content (AvgIpc) is 2.82. The summed E-state index contributed by atoms with van der Waals surface area (Å²) >= 11 is 3.57. The topological polar surface area (TPSA) is 55.1 Å². The number of carbonyl (C=O) groups is 1. The monoisotopic (exact) mass is 314 g/mol. The van der Waals surface area contributed by atoms with Crippen LogP contribution < -0.4 is 5.32 Å². The predicted octanol–water partition coefficient (Wildman–Crippen LogP) is 2.91. The molecule has 1 aliphatic rings. The van der Waals surface area contributed by atoms with Gasteiger partial charge in [-0.1, -0.05) is 28.8 Å². The van der Waals surface area contributed by atoms with Gasteiger partial charge in [0.15, 0.2) is 6.39 Å². The van der Waals surface area contributed by atoms with Gasteiger partial charge < -0.3 is 9.73 Å². The van der Waals surface area contributed by atoms with Crippen molar-refractivity contribution in [2.24, 2.45) is 11.8 Å². The van der Waals surface area contributed by atoms with Crippen molar-refractivity contribution in [1.29, 1.82) is 0 Å². The van der Waals surface area contributed by atoms with Crippen molar-refractivity contribution in [2.75, 3.05) is 11.9 Å². The fourth-order valence-electron chi connectivity index (χ4n) is 2.58. The molecular formula is C13H19BrN2O2. The van der Waals surface area contributed by atoms with E-state index < -0.39 is 0 Å². The first-order valence-electron chi connectivity index (χ1n) is 6.46. The second-order valence-corrected chi connectivity index (χ2v) is 5.58. The molecule has 0 saturated heterocycles. The zero-order chi connectivity index (χ0) is 13.0. The lowest BCUT2D eigenvalue weighted by Gasteiger charge is -2.30. The Bertz CT molecular complexity index is 405. The summed E-state index contributed by atoms with van der Waals surface area (Å²) < 4.78 is 5.09. The van der Waals surface area contributed by atoms with Gasteiger partial charge in [-0.25, -0.2) is 4.98 Å². The molecule has 1 aliphatic carbocycles. The van der Waals surface area contributed by atoms with E-state index in [1.165, 1.54) is 32.1 Å². The van der Waals surface area contributed by atoms with Crippen LogP contribution in [-0.4, -0.2) is 22.8 Å². The number of amides is 1.